The second kappa shape index (κ2) is 33.4. The van der Waals surface area contributed by atoms with E-state index in [-0.39, 0.29) is 194 Å². The summed E-state index contributed by atoms with van der Waals surface area (Å²) >= 11 is 3.10. The molecule has 39 heteroatoms. The van der Waals surface area contributed by atoms with Gasteiger partial charge in [-0.2, -0.15) is 104 Å². The number of carbonyl (C=O) groups is 6. The highest BCUT2D eigenvalue weighted by molar-refractivity contribution is 9.08. The first kappa shape index (κ1) is 83.6. The van der Waals surface area contributed by atoms with E-state index in [0.29, 0.717) is 22.4 Å². The van der Waals surface area contributed by atoms with Crippen LogP contribution in [0.1, 0.15) is 152 Å². The van der Waals surface area contributed by atoms with Crippen molar-refractivity contribution >= 4 is 136 Å². The third kappa shape index (κ3) is 18.1. The molecule has 9 heterocycles. The van der Waals surface area contributed by atoms with Crippen molar-refractivity contribution in [1.29, 1.82) is 0 Å². The molecule has 3 aliphatic rings. The average molecular weight is 1620 g/mol. The maximum absolute atomic E-state index is 13.5. The third-order valence-corrected chi connectivity index (χ3v) is 18.0. The number of nitrogens with zero attached hydrogens (tertiary/aromatic N) is 12. The van der Waals surface area contributed by atoms with Crippen LogP contribution in [0.4, 0.5) is 74.0 Å². The molecular weight excluding hydrogens is 1550 g/mol. The van der Waals surface area contributed by atoms with Gasteiger partial charge >= 0.3 is 18.5 Å². The van der Waals surface area contributed by atoms with Gasteiger partial charge in [-0.25, -0.2) is 15.0 Å². The summed E-state index contributed by atoms with van der Waals surface area (Å²) in [6.45, 7) is 4.18. The van der Waals surface area contributed by atoms with E-state index in [0.717, 1.165) is 42.7 Å². The van der Waals surface area contributed by atoms with Gasteiger partial charge in [-0.1, -0.05) is 15.9 Å². The minimum atomic E-state index is -4.77. The Morgan fingerprint density at radius 1 is 0.500 bits per heavy atom. The fourth-order valence-corrected chi connectivity index (χ4v) is 12.8. The highest BCUT2D eigenvalue weighted by Crippen LogP contribution is 2.41. The van der Waals surface area contributed by atoms with Crippen LogP contribution in [-0.2, 0) is 70.6 Å². The van der Waals surface area contributed by atoms with Gasteiger partial charge in [-0.15, -0.1) is 0 Å². The van der Waals surface area contributed by atoms with E-state index in [2.05, 4.69) is 50.4 Å². The standard InChI is InChI=1S/C23H22F3N5O5S.C22H19BrF3N5O2.C22H20F3N5O3.3H2S/c1-13-11-30(16-5-6-18(23(24,25)26)15(8-16)12-36-37(2,34)35)22(33)20-14(10-29-31(13)20)9-19(32)17-4-3-7-28-21(17)27;1-12-11-30(15-4-5-17(22(24,25)26)13(7-15)9-23)21(33)19-14(10-29-31(12)19)8-18(32)16-3-2-6-28-20(16)27;1-12-10-29(15-4-5-17(22(23,24)25)14(7-15)11-31)21(33)19-13(9-28-30(12)19)8-18(32)16-3-2-6-27-20(16)26;;;/h3-8,10,13H,9,11-12H2,1-2H3,(H2,27,28);2-7,10,12H,8-9,11H2,1H3,(H2,27,28);2-7,9,12,31H,8,10-11H2,1H3,(H2,26,27);3*1H2/t13-;2*12-;;;/m000.../s1. The van der Waals surface area contributed by atoms with E-state index in [9.17, 15) is 81.8 Å². The third-order valence-electron chi connectivity index (χ3n) is 16.9. The largest absolute Gasteiger partial charge is 0.416 e. The van der Waals surface area contributed by atoms with Gasteiger partial charge in [0, 0.05) is 96.6 Å². The highest BCUT2D eigenvalue weighted by Gasteiger charge is 2.41. The summed E-state index contributed by atoms with van der Waals surface area (Å²) in [6, 6.07) is 18.2. The molecule has 0 radical (unpaired) electrons. The molecule has 3 atom stereocenters. The molecule has 0 fully saturated rings. The molecule has 0 spiro atoms. The number of aromatic nitrogens is 9. The zero-order valence-electron chi connectivity index (χ0n) is 56.1. The van der Waals surface area contributed by atoms with Crippen molar-refractivity contribution in [3.8, 4) is 0 Å². The number of anilines is 6. The summed E-state index contributed by atoms with van der Waals surface area (Å²) < 4.78 is 152. The summed E-state index contributed by atoms with van der Waals surface area (Å²) in [5.74, 6) is -2.34. The summed E-state index contributed by atoms with van der Waals surface area (Å²) in [4.78, 5) is 94.3. The number of pyridine rings is 3. The predicted octanol–water partition coefficient (Wildman–Crippen LogP) is 10.8. The summed E-state index contributed by atoms with van der Waals surface area (Å²) in [5, 5.41) is 22.2. The Kier molecular flexibility index (Phi) is 26.4. The first-order valence-electron chi connectivity index (χ1n) is 31.0. The van der Waals surface area contributed by atoms with Crippen molar-refractivity contribution in [3.05, 3.63) is 212 Å². The lowest BCUT2D eigenvalue weighted by molar-refractivity contribution is -0.139. The minimum absolute atomic E-state index is 0. The number of rotatable bonds is 17. The van der Waals surface area contributed by atoms with Crippen LogP contribution in [-0.4, -0.2) is 119 Å². The molecule has 0 aliphatic carbocycles. The van der Waals surface area contributed by atoms with Gasteiger partial charge in [-0.05, 0) is 128 Å². The fourth-order valence-electron chi connectivity index (χ4n) is 12.0. The van der Waals surface area contributed by atoms with Crippen LogP contribution >= 0.6 is 56.4 Å². The number of hydrogen-bond donors (Lipinski definition) is 4. The molecule has 564 valence electrons. The lowest BCUT2D eigenvalue weighted by atomic mass is 10.0. The number of benzene rings is 3. The predicted molar refractivity (Wildman–Crippen MR) is 390 cm³/mol. The summed E-state index contributed by atoms with van der Waals surface area (Å²) in [5.41, 5.74) is 16.8. The monoisotopic (exact) mass is 1620 g/mol. The second-order valence-electron chi connectivity index (χ2n) is 24.1. The van der Waals surface area contributed by atoms with Crippen molar-refractivity contribution in [3.63, 3.8) is 0 Å². The number of alkyl halides is 10. The van der Waals surface area contributed by atoms with Gasteiger partial charge in [0.05, 0.1) is 89.6 Å². The molecule has 3 aromatic carbocycles. The smallest absolute Gasteiger partial charge is 0.392 e. The van der Waals surface area contributed by atoms with Gasteiger partial charge in [0.2, 0.25) is 0 Å². The second-order valence-corrected chi connectivity index (χ2v) is 26.3. The molecule has 6 aromatic heterocycles. The van der Waals surface area contributed by atoms with Crippen molar-refractivity contribution in [2.24, 2.45) is 0 Å². The van der Waals surface area contributed by atoms with Gasteiger partial charge in [0.25, 0.3) is 27.8 Å². The van der Waals surface area contributed by atoms with Crippen molar-refractivity contribution < 1.29 is 86.0 Å². The zero-order chi connectivity index (χ0) is 74.9. The molecule has 106 heavy (non-hydrogen) atoms. The number of Topliss-reactive ketones (excluding diaryl/α,β-unsaturated/α-hetero) is 3. The molecule has 9 aromatic rings. The Morgan fingerprint density at radius 2 is 0.792 bits per heavy atom. The van der Waals surface area contributed by atoms with Crippen molar-refractivity contribution in [2.75, 3.05) is 57.8 Å². The number of aliphatic hydroxyl groups excluding tert-OH is 1. The molecule has 12 rings (SSSR count). The molecule has 3 amide bonds. The topological polar surface area (TPSA) is 346 Å². The number of nitrogen functional groups attached to an aromatic ring is 3. The fraction of sp³-hybridized carbons (Fsp3) is 0.284. The highest BCUT2D eigenvalue weighted by atomic mass is 79.9. The number of amides is 3. The quantitative estimate of drug-likeness (QED) is 0.0285. The Balaban J connectivity index is 0.000000219. The molecule has 0 bridgehead atoms. The number of hydrogen-bond acceptors (Lipinski definition) is 19. The summed E-state index contributed by atoms with van der Waals surface area (Å²) in [6.07, 6.45) is -4.95. The van der Waals surface area contributed by atoms with Crippen LogP contribution in [0.2, 0.25) is 0 Å². The molecule has 0 saturated carbocycles. The number of fused-ring (bicyclic) bond motifs is 3. The number of carbonyl (C=O) groups excluding carboxylic acids is 6. The maximum Gasteiger partial charge on any atom is 0.416 e. The molecule has 3 aliphatic heterocycles. The number of halogens is 10. The zero-order valence-corrected chi connectivity index (χ0v) is 61.5. The summed E-state index contributed by atoms with van der Waals surface area (Å²) in [7, 11) is -4.02. The van der Waals surface area contributed by atoms with E-state index >= 15 is 0 Å². The normalized spacial score (nSPS) is 15.6. The first-order chi connectivity index (χ1) is 48.5. The van der Waals surface area contributed by atoms with E-state index in [4.69, 9.17) is 17.2 Å². The van der Waals surface area contributed by atoms with Crippen LogP contribution in [0, 0.1) is 0 Å². The van der Waals surface area contributed by atoms with Gasteiger partial charge in [-0.3, -0.25) is 47.0 Å². The molecular formula is C67H67BrF9N15O10S4. The Bertz CT molecular complexity index is 4750. The molecule has 25 nitrogen and oxygen atoms in total. The minimum Gasteiger partial charge on any atom is -0.392 e. The van der Waals surface area contributed by atoms with E-state index < -0.39 is 81.8 Å². The Morgan fingerprint density at radius 3 is 1.08 bits per heavy atom. The van der Waals surface area contributed by atoms with Crippen LogP contribution in [0.25, 0.3) is 0 Å². The Labute approximate surface area is 627 Å². The number of nitrogens with two attached hydrogens (primary N) is 3. The van der Waals surface area contributed by atoms with Crippen LogP contribution in [0.3, 0.4) is 0 Å². The van der Waals surface area contributed by atoms with Gasteiger partial charge in [0.15, 0.2) is 17.3 Å². The average Bonchev–Trinajstić information content (AvgIpc) is 1.54. The molecule has 0 unspecified atom stereocenters. The van der Waals surface area contributed by atoms with Gasteiger partial charge in [0.1, 0.15) is 34.5 Å². The van der Waals surface area contributed by atoms with Crippen LogP contribution < -0.4 is 31.9 Å². The van der Waals surface area contributed by atoms with Crippen LogP contribution in [0.5, 0.6) is 0 Å². The Hall–Kier alpha value is -9.67. The van der Waals surface area contributed by atoms with Crippen molar-refractivity contribution in [2.45, 2.75) is 95.2 Å². The lowest BCUT2D eigenvalue weighted by Crippen LogP contribution is -2.43. The van der Waals surface area contributed by atoms with Gasteiger partial charge < -0.3 is 37.0 Å². The SMILES string of the molecule is C[C@H]1CN(c2ccc(C(F)(F)F)c(CBr)c2)C(=O)c2c(CC(=O)c3cccnc3N)cnn21.C[C@H]1CN(c2ccc(C(F)(F)F)c(CO)c2)C(=O)c2c(CC(=O)c3cccnc3N)cnn21.C[C@H]1CN(c2ccc(C(F)(F)F)c(COS(C)(=O)=O)c2)C(=O)c2c(CC(=O)c3cccnc3N)cnn21.S.S.S. The van der Waals surface area contributed by atoms with Crippen molar-refractivity contribution in [1.82, 2.24) is 44.3 Å². The maximum atomic E-state index is 13.5. The van der Waals surface area contributed by atoms with E-state index in [1.807, 2.05) is 6.92 Å². The number of ketones is 3. The molecule has 0 saturated heterocycles. The van der Waals surface area contributed by atoms with Crippen LogP contribution in [0.15, 0.2) is 128 Å². The van der Waals surface area contributed by atoms with E-state index in [1.54, 1.807) is 42.8 Å². The first-order valence-corrected chi connectivity index (χ1v) is 33.9. The van der Waals surface area contributed by atoms with E-state index in [1.165, 1.54) is 91.6 Å². The lowest BCUT2D eigenvalue weighted by Gasteiger charge is -2.33. The number of aliphatic hydroxyl groups is 1. The molecule has 7 N–H and O–H groups in total.